The van der Waals surface area contributed by atoms with E-state index in [2.05, 4.69) is 4.98 Å². The second-order valence-corrected chi connectivity index (χ2v) is 11.7. The Morgan fingerprint density at radius 3 is 2.76 bits per heavy atom. The summed E-state index contributed by atoms with van der Waals surface area (Å²) < 4.78 is 32.9. The molecule has 37 heavy (non-hydrogen) atoms. The first kappa shape index (κ1) is 25.5. The van der Waals surface area contributed by atoms with Crippen LogP contribution in [0.1, 0.15) is 40.9 Å². The molecule has 8 nitrogen and oxygen atoms in total. The van der Waals surface area contributed by atoms with Crippen molar-refractivity contribution in [3.63, 3.8) is 0 Å². The third kappa shape index (κ3) is 4.79. The Morgan fingerprint density at radius 1 is 1.16 bits per heavy atom. The number of anilines is 1. The van der Waals surface area contributed by atoms with Gasteiger partial charge in [0, 0.05) is 68.5 Å². The summed E-state index contributed by atoms with van der Waals surface area (Å²) >= 11 is 0. The maximum atomic E-state index is 13.4. The van der Waals surface area contributed by atoms with Crippen LogP contribution in [0.25, 0.3) is 10.8 Å². The second kappa shape index (κ2) is 10.3. The Bertz CT molecular complexity index is 1450. The average Bonchev–Trinajstić information content (AvgIpc) is 3.18. The molecule has 0 radical (unpaired) electrons. The number of methoxy groups -OCH3 is 1. The minimum atomic E-state index is -3.71. The molecular weight excluding hydrogens is 490 g/mol. The average molecular weight is 522 g/mol. The van der Waals surface area contributed by atoms with Gasteiger partial charge in [0.1, 0.15) is 10.7 Å². The molecule has 0 aliphatic carbocycles. The molecule has 5 rings (SSSR count). The summed E-state index contributed by atoms with van der Waals surface area (Å²) in [5.41, 5.74) is 3.13. The summed E-state index contributed by atoms with van der Waals surface area (Å²) in [5, 5.41) is 1.78. The minimum absolute atomic E-state index is 0.0175. The number of amides is 1. The van der Waals surface area contributed by atoms with Gasteiger partial charge in [0.15, 0.2) is 0 Å². The van der Waals surface area contributed by atoms with E-state index in [0.717, 1.165) is 34.1 Å². The van der Waals surface area contributed by atoms with Gasteiger partial charge in [-0.3, -0.25) is 14.6 Å². The molecule has 1 saturated heterocycles. The molecule has 0 N–H and O–H groups in total. The second-order valence-electron chi connectivity index (χ2n) is 9.76. The fraction of sp³-hybridized carbons (Fsp3) is 0.393. The van der Waals surface area contributed by atoms with E-state index in [4.69, 9.17) is 4.74 Å². The molecule has 194 valence electrons. The fourth-order valence-electron chi connectivity index (χ4n) is 5.36. The SMILES string of the molecule is COCCCN1C(=O)c2cccc3c(CC(=O)C4CCCN(S(=O)(=O)c5ccc(C)nc5)C4)ccc1c23. The number of aryl methyl sites for hydroxylation is 1. The van der Waals surface area contributed by atoms with E-state index < -0.39 is 10.0 Å². The summed E-state index contributed by atoms with van der Waals surface area (Å²) in [6, 6.07) is 12.7. The number of benzene rings is 2. The molecule has 1 aromatic heterocycles. The molecule has 0 spiro atoms. The van der Waals surface area contributed by atoms with Crippen molar-refractivity contribution >= 4 is 38.2 Å². The molecule has 1 atom stereocenters. The Hall–Kier alpha value is -3.14. The van der Waals surface area contributed by atoms with E-state index in [-0.39, 0.29) is 35.5 Å². The smallest absolute Gasteiger partial charge is 0.258 e. The van der Waals surface area contributed by atoms with Crippen molar-refractivity contribution < 1.29 is 22.7 Å². The molecule has 0 bridgehead atoms. The monoisotopic (exact) mass is 521 g/mol. The number of carbonyl (C=O) groups excluding carboxylic acids is 2. The number of hydrogen-bond donors (Lipinski definition) is 0. The third-order valence-electron chi connectivity index (χ3n) is 7.33. The highest BCUT2D eigenvalue weighted by Gasteiger charge is 2.34. The number of ketones is 1. The van der Waals surface area contributed by atoms with Crippen molar-refractivity contribution in [2.75, 3.05) is 38.3 Å². The lowest BCUT2D eigenvalue weighted by Crippen LogP contribution is -2.42. The molecule has 1 amide bonds. The Labute approximate surface area is 217 Å². The van der Waals surface area contributed by atoms with Gasteiger partial charge in [0.2, 0.25) is 10.0 Å². The highest BCUT2D eigenvalue weighted by Crippen LogP contribution is 2.39. The number of Topliss-reactive ketones (excluding diaryl/α,β-unsaturated/α-hetero) is 1. The highest BCUT2D eigenvalue weighted by molar-refractivity contribution is 7.89. The standard InChI is InChI=1S/C28H31N3O5S/c1-19-9-11-22(17-29-19)37(34,35)30-13-4-6-21(18-30)26(32)16-20-10-12-25-27-23(20)7-3-8-24(27)28(33)31(25)14-5-15-36-2/h3,7-12,17,21H,4-6,13-16,18H2,1-2H3. The number of hydrogen-bond acceptors (Lipinski definition) is 6. The van der Waals surface area contributed by atoms with Crippen LogP contribution in [0.5, 0.6) is 0 Å². The van der Waals surface area contributed by atoms with Crippen LogP contribution < -0.4 is 4.90 Å². The first-order chi connectivity index (χ1) is 17.8. The van der Waals surface area contributed by atoms with Gasteiger partial charge < -0.3 is 9.64 Å². The van der Waals surface area contributed by atoms with Crippen LogP contribution in [0.3, 0.4) is 0 Å². The van der Waals surface area contributed by atoms with Crippen LogP contribution in [0.2, 0.25) is 0 Å². The van der Waals surface area contributed by atoms with E-state index in [1.165, 1.54) is 10.5 Å². The Morgan fingerprint density at radius 2 is 2.00 bits per heavy atom. The van der Waals surface area contributed by atoms with Gasteiger partial charge in [-0.2, -0.15) is 4.31 Å². The van der Waals surface area contributed by atoms with Crippen molar-refractivity contribution in [1.29, 1.82) is 0 Å². The van der Waals surface area contributed by atoms with E-state index in [0.29, 0.717) is 38.1 Å². The highest BCUT2D eigenvalue weighted by atomic mass is 32.2. The number of carbonyl (C=O) groups is 2. The molecule has 1 unspecified atom stereocenters. The van der Waals surface area contributed by atoms with E-state index >= 15 is 0 Å². The zero-order valence-corrected chi connectivity index (χ0v) is 22.0. The molecule has 0 saturated carbocycles. The van der Waals surface area contributed by atoms with Crippen molar-refractivity contribution in [2.45, 2.75) is 37.5 Å². The molecule has 9 heteroatoms. The summed E-state index contributed by atoms with van der Waals surface area (Å²) in [5.74, 6) is -0.389. The number of piperidine rings is 1. The number of aromatic nitrogens is 1. The predicted molar refractivity (Wildman–Crippen MR) is 141 cm³/mol. The summed E-state index contributed by atoms with van der Waals surface area (Å²) in [6.07, 6.45) is 3.59. The van der Waals surface area contributed by atoms with E-state index in [1.54, 1.807) is 31.1 Å². The molecule has 2 aliphatic heterocycles. The third-order valence-corrected chi connectivity index (χ3v) is 9.18. The molecule has 1 fully saturated rings. The van der Waals surface area contributed by atoms with Crippen LogP contribution in [0, 0.1) is 12.8 Å². The minimum Gasteiger partial charge on any atom is -0.385 e. The molecule has 3 aromatic rings. The lowest BCUT2D eigenvalue weighted by molar-refractivity contribution is -0.123. The maximum absolute atomic E-state index is 13.4. The maximum Gasteiger partial charge on any atom is 0.258 e. The van der Waals surface area contributed by atoms with Crippen molar-refractivity contribution in [3.05, 3.63) is 65.5 Å². The normalized spacial score (nSPS) is 18.1. The van der Waals surface area contributed by atoms with Crippen molar-refractivity contribution in [1.82, 2.24) is 9.29 Å². The zero-order chi connectivity index (χ0) is 26.2. The Balaban J connectivity index is 1.36. The largest absolute Gasteiger partial charge is 0.385 e. The van der Waals surface area contributed by atoms with Gasteiger partial charge in [-0.1, -0.05) is 18.2 Å². The number of sulfonamides is 1. The number of rotatable bonds is 9. The lowest BCUT2D eigenvalue weighted by Gasteiger charge is -2.31. The number of nitrogens with zero attached hydrogens (tertiary/aromatic N) is 3. The summed E-state index contributed by atoms with van der Waals surface area (Å²) in [4.78, 5) is 32.6. The lowest BCUT2D eigenvalue weighted by atomic mass is 9.89. The van der Waals surface area contributed by atoms with Crippen LogP contribution in [-0.2, 0) is 26.0 Å². The van der Waals surface area contributed by atoms with Gasteiger partial charge in [0.25, 0.3) is 5.91 Å². The first-order valence-corrected chi connectivity index (χ1v) is 14.1. The van der Waals surface area contributed by atoms with Crippen molar-refractivity contribution in [3.8, 4) is 0 Å². The van der Waals surface area contributed by atoms with E-state index in [9.17, 15) is 18.0 Å². The zero-order valence-electron chi connectivity index (χ0n) is 21.1. The van der Waals surface area contributed by atoms with Crippen LogP contribution in [-0.4, -0.2) is 62.7 Å². The van der Waals surface area contributed by atoms with Gasteiger partial charge in [-0.05, 0) is 61.4 Å². The molecular formula is C28H31N3O5S. The summed E-state index contributed by atoms with van der Waals surface area (Å²) in [7, 11) is -2.07. The van der Waals surface area contributed by atoms with Crippen LogP contribution in [0.15, 0.2) is 53.6 Å². The molecule has 2 aliphatic rings. The topological polar surface area (TPSA) is 96.9 Å². The van der Waals surface area contributed by atoms with Crippen LogP contribution >= 0.6 is 0 Å². The fourth-order valence-corrected chi connectivity index (χ4v) is 6.83. The summed E-state index contributed by atoms with van der Waals surface area (Å²) in [6.45, 7) is 3.51. The van der Waals surface area contributed by atoms with Crippen molar-refractivity contribution in [2.24, 2.45) is 5.92 Å². The number of ether oxygens (including phenoxy) is 1. The quantitative estimate of drug-likeness (QED) is 0.398. The van der Waals surface area contributed by atoms with Gasteiger partial charge in [-0.25, -0.2) is 8.42 Å². The van der Waals surface area contributed by atoms with Crippen LogP contribution in [0.4, 0.5) is 5.69 Å². The van der Waals surface area contributed by atoms with Gasteiger partial charge in [0.05, 0.1) is 5.69 Å². The van der Waals surface area contributed by atoms with E-state index in [1.807, 2.05) is 30.3 Å². The Kier molecular flexibility index (Phi) is 7.11. The molecule has 2 aromatic carbocycles. The van der Waals surface area contributed by atoms with Gasteiger partial charge in [-0.15, -0.1) is 0 Å². The first-order valence-electron chi connectivity index (χ1n) is 12.6. The number of pyridine rings is 1. The molecule has 3 heterocycles. The predicted octanol–water partition coefficient (Wildman–Crippen LogP) is 3.75. The van der Waals surface area contributed by atoms with Gasteiger partial charge >= 0.3 is 0 Å².